The van der Waals surface area contributed by atoms with Crippen molar-refractivity contribution in [3.05, 3.63) is 94.6 Å². The van der Waals surface area contributed by atoms with Crippen LogP contribution in [0.3, 0.4) is 0 Å². The fourth-order valence-electron chi connectivity index (χ4n) is 4.08. The molecule has 0 unspecified atom stereocenters. The molecule has 0 bridgehead atoms. The molecule has 0 amide bonds. The van der Waals surface area contributed by atoms with Crippen molar-refractivity contribution in [2.24, 2.45) is 0 Å². The van der Waals surface area contributed by atoms with E-state index >= 15 is 0 Å². The first-order chi connectivity index (χ1) is 13.9. The lowest BCUT2D eigenvalue weighted by Gasteiger charge is -2.07. The van der Waals surface area contributed by atoms with E-state index in [1.165, 1.54) is 22.4 Å². The van der Waals surface area contributed by atoms with Gasteiger partial charge in [-0.05, 0) is 63.9 Å². The van der Waals surface area contributed by atoms with Gasteiger partial charge in [-0.15, -0.1) is 0 Å². The van der Waals surface area contributed by atoms with Gasteiger partial charge in [-0.2, -0.15) is 5.10 Å². The van der Waals surface area contributed by atoms with Crippen molar-refractivity contribution in [3.8, 4) is 5.69 Å². The first-order valence-corrected chi connectivity index (χ1v) is 10.00. The standard InChI is InChI=1S/C24H28N5/c1-17-11-18(2)24(19(3)12-17)28-10-9-27(16-28)14-22-7-6-8-23(25-22)15-29-21(5)13-20(4)26-29/h6-13,16H,14-15H2,1-5H3/q+1. The zero-order valence-electron chi connectivity index (χ0n) is 17.8. The lowest BCUT2D eigenvalue weighted by atomic mass is 10.1. The zero-order valence-corrected chi connectivity index (χ0v) is 17.8. The summed E-state index contributed by atoms with van der Waals surface area (Å²) >= 11 is 0. The van der Waals surface area contributed by atoms with Gasteiger partial charge in [0.25, 0.3) is 0 Å². The SMILES string of the molecule is Cc1cc(C)c(-n2cc[n+](Cc3cccc(Cn4nc(C)cc4C)n3)c2)c(C)c1. The zero-order chi connectivity index (χ0) is 20.5. The maximum atomic E-state index is 4.85. The highest BCUT2D eigenvalue weighted by Gasteiger charge is 2.14. The Hall–Kier alpha value is -3.21. The van der Waals surface area contributed by atoms with Crippen LogP contribution < -0.4 is 4.57 Å². The van der Waals surface area contributed by atoms with E-state index in [4.69, 9.17) is 4.98 Å². The fraction of sp³-hybridized carbons (Fsp3) is 0.292. The number of aromatic nitrogens is 5. The Bertz CT molecular complexity index is 1140. The highest BCUT2D eigenvalue weighted by Crippen LogP contribution is 2.20. The van der Waals surface area contributed by atoms with Crippen LogP contribution in [0.4, 0.5) is 0 Å². The van der Waals surface area contributed by atoms with Crippen molar-refractivity contribution in [1.82, 2.24) is 19.3 Å². The molecule has 148 valence electrons. The number of aryl methyl sites for hydroxylation is 5. The summed E-state index contributed by atoms with van der Waals surface area (Å²) in [6.07, 6.45) is 6.36. The number of benzene rings is 1. The first-order valence-electron chi connectivity index (χ1n) is 10.00. The predicted octanol–water partition coefficient (Wildman–Crippen LogP) is 4.00. The van der Waals surface area contributed by atoms with Gasteiger partial charge in [0.1, 0.15) is 24.6 Å². The van der Waals surface area contributed by atoms with Crippen LogP contribution in [0, 0.1) is 34.6 Å². The van der Waals surface area contributed by atoms with E-state index < -0.39 is 0 Å². The molecule has 3 aromatic heterocycles. The fourth-order valence-corrected chi connectivity index (χ4v) is 4.08. The van der Waals surface area contributed by atoms with Crippen LogP contribution in [-0.4, -0.2) is 19.3 Å². The van der Waals surface area contributed by atoms with Gasteiger partial charge < -0.3 is 0 Å². The first kappa shape index (κ1) is 19.1. The van der Waals surface area contributed by atoms with E-state index in [0.717, 1.165) is 29.3 Å². The van der Waals surface area contributed by atoms with Crippen LogP contribution in [0.15, 0.2) is 55.1 Å². The minimum absolute atomic E-state index is 0.695. The minimum atomic E-state index is 0.695. The topological polar surface area (TPSA) is 39.5 Å². The molecule has 4 rings (SSSR count). The largest absolute Gasteiger partial charge is 0.264 e. The van der Waals surface area contributed by atoms with Gasteiger partial charge in [0.15, 0.2) is 0 Å². The Morgan fingerprint density at radius 3 is 2.34 bits per heavy atom. The number of pyridine rings is 1. The molecule has 0 saturated heterocycles. The van der Waals surface area contributed by atoms with Crippen molar-refractivity contribution < 1.29 is 4.57 Å². The second-order valence-electron chi connectivity index (χ2n) is 7.95. The van der Waals surface area contributed by atoms with E-state index in [-0.39, 0.29) is 0 Å². The van der Waals surface area contributed by atoms with Gasteiger partial charge in [-0.3, -0.25) is 9.67 Å². The summed E-state index contributed by atoms with van der Waals surface area (Å²) in [6.45, 7) is 12.0. The third-order valence-electron chi connectivity index (χ3n) is 5.21. The van der Waals surface area contributed by atoms with Gasteiger partial charge >= 0.3 is 0 Å². The second kappa shape index (κ2) is 7.66. The Morgan fingerprint density at radius 1 is 0.931 bits per heavy atom. The summed E-state index contributed by atoms with van der Waals surface area (Å²) in [5.74, 6) is 0. The lowest BCUT2D eigenvalue weighted by molar-refractivity contribution is -0.688. The molecule has 29 heavy (non-hydrogen) atoms. The summed E-state index contributed by atoms with van der Waals surface area (Å²) in [5.41, 5.74) is 9.39. The molecule has 0 fully saturated rings. The van der Waals surface area contributed by atoms with Gasteiger partial charge in [-0.1, -0.05) is 23.8 Å². The van der Waals surface area contributed by atoms with Crippen molar-refractivity contribution in [1.29, 1.82) is 0 Å². The Kier molecular flexibility index (Phi) is 5.05. The highest BCUT2D eigenvalue weighted by atomic mass is 15.3. The Morgan fingerprint density at radius 2 is 1.66 bits per heavy atom. The quantitative estimate of drug-likeness (QED) is 0.487. The molecule has 0 aliphatic rings. The molecule has 1 aromatic carbocycles. The van der Waals surface area contributed by atoms with E-state index in [1.54, 1.807) is 0 Å². The molecule has 0 spiro atoms. The van der Waals surface area contributed by atoms with E-state index in [0.29, 0.717) is 6.54 Å². The summed E-state index contributed by atoms with van der Waals surface area (Å²) in [7, 11) is 0. The van der Waals surface area contributed by atoms with Crippen molar-refractivity contribution in [2.45, 2.75) is 47.7 Å². The van der Waals surface area contributed by atoms with Gasteiger partial charge in [-0.25, -0.2) is 9.13 Å². The van der Waals surface area contributed by atoms with Crippen molar-refractivity contribution >= 4 is 0 Å². The van der Waals surface area contributed by atoms with Crippen LogP contribution in [0.2, 0.25) is 0 Å². The molecule has 4 aromatic rings. The lowest BCUT2D eigenvalue weighted by Crippen LogP contribution is -2.32. The molecule has 0 atom stereocenters. The third kappa shape index (κ3) is 4.14. The number of nitrogens with zero attached hydrogens (tertiary/aromatic N) is 5. The normalized spacial score (nSPS) is 11.2. The summed E-state index contributed by atoms with van der Waals surface area (Å²) < 4.78 is 6.38. The Labute approximate surface area is 172 Å². The monoisotopic (exact) mass is 386 g/mol. The minimum Gasteiger partial charge on any atom is -0.264 e. The molecule has 3 heterocycles. The summed E-state index contributed by atoms with van der Waals surface area (Å²) in [4.78, 5) is 4.85. The van der Waals surface area contributed by atoms with Crippen molar-refractivity contribution in [3.63, 3.8) is 0 Å². The van der Waals surface area contributed by atoms with E-state index in [2.05, 4.69) is 97.0 Å². The molecule has 0 aliphatic heterocycles. The maximum Gasteiger partial charge on any atom is 0.249 e. The van der Waals surface area contributed by atoms with Crippen LogP contribution in [0.5, 0.6) is 0 Å². The Balaban J connectivity index is 1.54. The molecular weight excluding hydrogens is 358 g/mol. The number of imidazole rings is 1. The van der Waals surface area contributed by atoms with Crippen LogP contribution >= 0.6 is 0 Å². The average molecular weight is 387 g/mol. The van der Waals surface area contributed by atoms with Gasteiger partial charge in [0.2, 0.25) is 6.33 Å². The van der Waals surface area contributed by atoms with Crippen LogP contribution in [-0.2, 0) is 13.1 Å². The van der Waals surface area contributed by atoms with Crippen LogP contribution in [0.1, 0.15) is 39.5 Å². The smallest absolute Gasteiger partial charge is 0.249 e. The number of hydrogen-bond acceptors (Lipinski definition) is 2. The summed E-state index contributed by atoms with van der Waals surface area (Å²) in [5, 5.41) is 4.55. The molecule has 0 N–H and O–H groups in total. The molecule has 5 nitrogen and oxygen atoms in total. The number of hydrogen-bond donors (Lipinski definition) is 0. The molecule has 0 radical (unpaired) electrons. The molecule has 0 saturated carbocycles. The molecule has 5 heteroatoms. The number of rotatable bonds is 5. The van der Waals surface area contributed by atoms with E-state index in [9.17, 15) is 0 Å². The summed E-state index contributed by atoms with van der Waals surface area (Å²) in [6, 6.07) is 12.8. The predicted molar refractivity (Wildman–Crippen MR) is 114 cm³/mol. The molecular formula is C24H28N5+. The van der Waals surface area contributed by atoms with Crippen molar-refractivity contribution in [2.75, 3.05) is 0 Å². The van der Waals surface area contributed by atoms with E-state index in [1.807, 2.05) is 11.6 Å². The van der Waals surface area contributed by atoms with Crippen LogP contribution in [0.25, 0.3) is 5.69 Å². The van der Waals surface area contributed by atoms with Gasteiger partial charge in [0, 0.05) is 5.69 Å². The van der Waals surface area contributed by atoms with Gasteiger partial charge in [0.05, 0.1) is 23.6 Å². The average Bonchev–Trinajstić information content (AvgIpc) is 3.20. The third-order valence-corrected chi connectivity index (χ3v) is 5.21. The molecule has 0 aliphatic carbocycles. The maximum absolute atomic E-state index is 4.85. The second-order valence-corrected chi connectivity index (χ2v) is 7.95. The highest BCUT2D eigenvalue weighted by molar-refractivity contribution is 5.48.